The lowest BCUT2D eigenvalue weighted by atomic mass is 10.1. The number of hydrogen-bond donors (Lipinski definition) is 2. The summed E-state index contributed by atoms with van der Waals surface area (Å²) in [4.78, 5) is 0. The summed E-state index contributed by atoms with van der Waals surface area (Å²) in [5, 5.41) is 3.08. The van der Waals surface area contributed by atoms with Crippen molar-refractivity contribution in [1.29, 1.82) is 0 Å². The first-order chi connectivity index (χ1) is 8.60. The van der Waals surface area contributed by atoms with E-state index in [1.54, 1.807) is 6.07 Å². The maximum atomic E-state index is 13.8. The Hall–Kier alpha value is -1.87. The molecule has 0 aromatic heterocycles. The smallest absolute Gasteiger partial charge is 0.146 e. The second kappa shape index (κ2) is 5.19. The van der Waals surface area contributed by atoms with E-state index < -0.39 is 0 Å². The Morgan fingerprint density at radius 2 is 1.83 bits per heavy atom. The van der Waals surface area contributed by atoms with Gasteiger partial charge in [0.1, 0.15) is 5.82 Å². The van der Waals surface area contributed by atoms with Crippen LogP contribution in [0.25, 0.3) is 0 Å². The third-order valence-corrected chi connectivity index (χ3v) is 3.06. The van der Waals surface area contributed by atoms with Gasteiger partial charge < -0.3 is 11.1 Å². The molecular formula is C15H17FN2. The van der Waals surface area contributed by atoms with Crippen molar-refractivity contribution >= 4 is 11.4 Å². The highest BCUT2D eigenvalue weighted by atomic mass is 19.1. The van der Waals surface area contributed by atoms with Crippen LogP contribution in [0.4, 0.5) is 15.8 Å². The van der Waals surface area contributed by atoms with Gasteiger partial charge in [-0.15, -0.1) is 0 Å². The predicted molar refractivity (Wildman–Crippen MR) is 73.5 cm³/mol. The molecule has 0 bridgehead atoms. The largest absolute Gasteiger partial charge is 0.353 e. The maximum absolute atomic E-state index is 13.8. The molecule has 2 aromatic carbocycles. The fourth-order valence-electron chi connectivity index (χ4n) is 1.76. The van der Waals surface area contributed by atoms with Crippen molar-refractivity contribution in [3.05, 3.63) is 58.9 Å². The molecule has 3 heteroatoms. The van der Waals surface area contributed by atoms with Crippen molar-refractivity contribution in [3.63, 3.8) is 0 Å². The molecule has 0 amide bonds. The first-order valence-corrected chi connectivity index (χ1v) is 5.93. The number of benzene rings is 2. The molecule has 3 N–H and O–H groups in total. The van der Waals surface area contributed by atoms with Crippen LogP contribution < -0.4 is 11.1 Å². The minimum Gasteiger partial charge on any atom is -0.353 e. The van der Waals surface area contributed by atoms with Gasteiger partial charge in [-0.05, 0) is 54.8 Å². The molecule has 0 atom stereocenters. The summed E-state index contributed by atoms with van der Waals surface area (Å²) in [6, 6.07) is 11.0. The van der Waals surface area contributed by atoms with Gasteiger partial charge in [-0.25, -0.2) is 4.39 Å². The van der Waals surface area contributed by atoms with E-state index in [1.165, 1.54) is 17.2 Å². The number of nitrogens with two attached hydrogens (primary N) is 1. The van der Waals surface area contributed by atoms with Crippen molar-refractivity contribution in [2.45, 2.75) is 20.4 Å². The molecule has 0 aliphatic rings. The Bertz CT molecular complexity index is 564. The Kier molecular flexibility index (Phi) is 3.63. The fraction of sp³-hybridized carbons (Fsp3) is 0.200. The first-order valence-electron chi connectivity index (χ1n) is 5.93. The van der Waals surface area contributed by atoms with E-state index in [-0.39, 0.29) is 5.82 Å². The van der Waals surface area contributed by atoms with Crippen LogP contribution in [0, 0.1) is 19.7 Å². The van der Waals surface area contributed by atoms with E-state index >= 15 is 0 Å². The molecule has 18 heavy (non-hydrogen) atoms. The molecule has 2 aromatic rings. The van der Waals surface area contributed by atoms with Gasteiger partial charge in [0.2, 0.25) is 0 Å². The van der Waals surface area contributed by atoms with Crippen molar-refractivity contribution in [3.8, 4) is 0 Å². The highest BCUT2D eigenvalue weighted by molar-refractivity contribution is 5.61. The summed E-state index contributed by atoms with van der Waals surface area (Å²) in [6.07, 6.45) is 0. The van der Waals surface area contributed by atoms with Crippen LogP contribution in [-0.4, -0.2) is 0 Å². The lowest BCUT2D eigenvalue weighted by Crippen LogP contribution is -1.99. The molecule has 0 saturated heterocycles. The highest BCUT2D eigenvalue weighted by Gasteiger charge is 2.04. The van der Waals surface area contributed by atoms with Crippen LogP contribution in [-0.2, 0) is 6.54 Å². The average molecular weight is 244 g/mol. The average Bonchev–Trinajstić information content (AvgIpc) is 2.36. The Morgan fingerprint density at radius 1 is 1.06 bits per heavy atom. The zero-order valence-electron chi connectivity index (χ0n) is 10.6. The van der Waals surface area contributed by atoms with Gasteiger partial charge in [0.25, 0.3) is 0 Å². The third-order valence-electron chi connectivity index (χ3n) is 3.06. The summed E-state index contributed by atoms with van der Waals surface area (Å²) in [5.74, 6) is -0.281. The molecule has 0 spiro atoms. The predicted octanol–water partition coefficient (Wildman–Crippen LogP) is 3.64. The second-order valence-electron chi connectivity index (χ2n) is 4.44. The fourth-order valence-corrected chi connectivity index (χ4v) is 1.76. The van der Waals surface area contributed by atoms with E-state index in [4.69, 9.17) is 5.73 Å². The van der Waals surface area contributed by atoms with E-state index in [1.807, 2.05) is 31.2 Å². The number of halogens is 1. The summed E-state index contributed by atoms with van der Waals surface area (Å²) < 4.78 is 13.8. The summed E-state index contributed by atoms with van der Waals surface area (Å²) in [6.45, 7) is 4.44. The number of rotatable bonds is 3. The van der Waals surface area contributed by atoms with Crippen molar-refractivity contribution in [1.82, 2.24) is 0 Å². The molecule has 0 heterocycles. The van der Waals surface area contributed by atoms with E-state index in [9.17, 15) is 4.39 Å². The van der Waals surface area contributed by atoms with Crippen LogP contribution in [0.2, 0.25) is 0 Å². The lowest BCUT2D eigenvalue weighted by Gasteiger charge is -2.10. The topological polar surface area (TPSA) is 38.0 Å². The molecule has 0 aliphatic carbocycles. The van der Waals surface area contributed by atoms with Crippen LogP contribution in [0.1, 0.15) is 16.7 Å². The van der Waals surface area contributed by atoms with Gasteiger partial charge in [-0.3, -0.25) is 0 Å². The summed E-state index contributed by atoms with van der Waals surface area (Å²) in [7, 11) is 0. The first kappa shape index (κ1) is 12.6. The van der Waals surface area contributed by atoms with Gasteiger partial charge in [-0.2, -0.15) is 0 Å². The number of aryl methyl sites for hydroxylation is 2. The molecule has 94 valence electrons. The quantitative estimate of drug-likeness (QED) is 0.865. The van der Waals surface area contributed by atoms with Crippen molar-refractivity contribution in [2.24, 2.45) is 5.73 Å². The van der Waals surface area contributed by atoms with Crippen molar-refractivity contribution < 1.29 is 4.39 Å². The van der Waals surface area contributed by atoms with Gasteiger partial charge in [-0.1, -0.05) is 12.1 Å². The van der Waals surface area contributed by atoms with E-state index in [0.717, 1.165) is 11.3 Å². The Balaban J connectivity index is 2.25. The van der Waals surface area contributed by atoms with Gasteiger partial charge in [0.15, 0.2) is 0 Å². The minimum absolute atomic E-state index is 0.281. The normalized spacial score (nSPS) is 10.4. The van der Waals surface area contributed by atoms with Gasteiger partial charge in [0.05, 0.1) is 5.69 Å². The second-order valence-corrected chi connectivity index (χ2v) is 4.44. The zero-order chi connectivity index (χ0) is 13.1. The third kappa shape index (κ3) is 2.68. The standard InChI is InChI=1S/C15H17FN2/c1-10-3-5-13(7-11(10)2)18-15-6-4-12(9-17)8-14(15)16/h3-8,18H,9,17H2,1-2H3. The van der Waals surface area contributed by atoms with E-state index in [0.29, 0.717) is 12.2 Å². The summed E-state index contributed by atoms with van der Waals surface area (Å²) in [5.41, 5.74) is 10.0. The molecule has 2 rings (SSSR count). The molecule has 0 radical (unpaired) electrons. The maximum Gasteiger partial charge on any atom is 0.146 e. The molecule has 0 aliphatic heterocycles. The van der Waals surface area contributed by atoms with Gasteiger partial charge in [0, 0.05) is 12.2 Å². The summed E-state index contributed by atoms with van der Waals surface area (Å²) >= 11 is 0. The highest BCUT2D eigenvalue weighted by Crippen LogP contribution is 2.22. The van der Waals surface area contributed by atoms with Crippen LogP contribution >= 0.6 is 0 Å². The molecule has 0 unspecified atom stereocenters. The molecule has 0 saturated carbocycles. The minimum atomic E-state index is -0.281. The Labute approximate surface area is 107 Å². The Morgan fingerprint density at radius 3 is 2.44 bits per heavy atom. The molecule has 0 fully saturated rings. The number of hydrogen-bond acceptors (Lipinski definition) is 2. The zero-order valence-corrected chi connectivity index (χ0v) is 10.6. The van der Waals surface area contributed by atoms with Crippen LogP contribution in [0.15, 0.2) is 36.4 Å². The monoisotopic (exact) mass is 244 g/mol. The lowest BCUT2D eigenvalue weighted by molar-refractivity contribution is 0.629. The number of nitrogens with one attached hydrogen (secondary N) is 1. The van der Waals surface area contributed by atoms with Crippen molar-refractivity contribution in [2.75, 3.05) is 5.32 Å². The van der Waals surface area contributed by atoms with Gasteiger partial charge >= 0.3 is 0 Å². The van der Waals surface area contributed by atoms with Crippen LogP contribution in [0.5, 0.6) is 0 Å². The number of anilines is 2. The molecule has 2 nitrogen and oxygen atoms in total. The molecular weight excluding hydrogens is 227 g/mol. The van der Waals surface area contributed by atoms with E-state index in [2.05, 4.69) is 12.2 Å². The SMILES string of the molecule is Cc1ccc(Nc2ccc(CN)cc2F)cc1C. The van der Waals surface area contributed by atoms with Crippen LogP contribution in [0.3, 0.4) is 0 Å².